The Balaban J connectivity index is 1.74. The van der Waals surface area contributed by atoms with Crippen LogP contribution in [0.3, 0.4) is 0 Å². The molecule has 3 aliphatic rings. The zero-order chi connectivity index (χ0) is 14.0. The van der Waals surface area contributed by atoms with Gasteiger partial charge in [-0.05, 0) is 19.9 Å². The van der Waals surface area contributed by atoms with Crippen molar-refractivity contribution in [2.45, 2.75) is 57.0 Å². The zero-order valence-electron chi connectivity index (χ0n) is 12.8. The van der Waals surface area contributed by atoms with Gasteiger partial charge in [0, 0.05) is 37.5 Å². The van der Waals surface area contributed by atoms with Crippen LogP contribution in [0.15, 0.2) is 0 Å². The molecule has 3 atom stereocenters. The maximum absolute atomic E-state index is 5.96. The van der Waals surface area contributed by atoms with E-state index in [1.54, 1.807) is 0 Å². The maximum Gasteiger partial charge on any atom is 0.170 e. The molecular weight excluding hydrogens is 256 g/mol. The first-order valence-corrected chi connectivity index (χ1v) is 8.09. The number of nitrogens with zero attached hydrogens (tertiary/aromatic N) is 1. The predicted octanol–water partition coefficient (Wildman–Crippen LogP) is 0.981. The fourth-order valence-corrected chi connectivity index (χ4v) is 3.97. The van der Waals surface area contributed by atoms with Crippen LogP contribution in [-0.4, -0.2) is 68.3 Å². The van der Waals surface area contributed by atoms with Crippen LogP contribution < -0.4 is 5.32 Å². The van der Waals surface area contributed by atoms with Crippen molar-refractivity contribution in [3.8, 4) is 0 Å². The lowest BCUT2D eigenvalue weighted by Gasteiger charge is -2.49. The molecule has 116 valence electrons. The molecule has 3 rings (SSSR count). The van der Waals surface area contributed by atoms with Crippen molar-refractivity contribution in [3.63, 3.8) is 0 Å². The molecule has 1 aliphatic carbocycles. The third-order valence-electron chi connectivity index (χ3n) is 4.95. The number of rotatable bonds is 3. The Morgan fingerprint density at radius 2 is 2.05 bits per heavy atom. The van der Waals surface area contributed by atoms with Gasteiger partial charge >= 0.3 is 0 Å². The van der Waals surface area contributed by atoms with Crippen molar-refractivity contribution in [2.75, 3.05) is 39.5 Å². The first-order valence-electron chi connectivity index (χ1n) is 8.09. The maximum atomic E-state index is 5.96. The minimum absolute atomic E-state index is 0.311. The average molecular weight is 284 g/mol. The van der Waals surface area contributed by atoms with Crippen molar-refractivity contribution < 1.29 is 14.2 Å². The van der Waals surface area contributed by atoms with Crippen LogP contribution in [0.4, 0.5) is 0 Å². The van der Waals surface area contributed by atoms with Crippen LogP contribution in [0.25, 0.3) is 0 Å². The summed E-state index contributed by atoms with van der Waals surface area (Å²) in [4.78, 5) is 2.60. The lowest BCUT2D eigenvalue weighted by molar-refractivity contribution is -0.199. The standard InChI is InChI=1S/C15H28N2O3/c1-3-16-13-4-5-15(19-8-9-20-15)10-14(13)17-6-7-18-11-12(17)2/h12-14,16H,3-11H2,1-2H3. The van der Waals surface area contributed by atoms with E-state index in [2.05, 4.69) is 24.1 Å². The molecule has 0 amide bonds. The molecule has 2 heterocycles. The van der Waals surface area contributed by atoms with E-state index in [1.807, 2.05) is 0 Å². The first-order chi connectivity index (χ1) is 9.74. The van der Waals surface area contributed by atoms with Crippen LogP contribution >= 0.6 is 0 Å². The molecule has 1 saturated carbocycles. The molecule has 5 heteroatoms. The number of hydrogen-bond donors (Lipinski definition) is 1. The number of likely N-dealkylation sites (N-methyl/N-ethyl adjacent to an activating group) is 1. The van der Waals surface area contributed by atoms with E-state index in [4.69, 9.17) is 14.2 Å². The smallest absolute Gasteiger partial charge is 0.170 e. The molecule has 0 radical (unpaired) electrons. The molecular formula is C15H28N2O3. The van der Waals surface area contributed by atoms with Crippen molar-refractivity contribution in [2.24, 2.45) is 0 Å². The van der Waals surface area contributed by atoms with Gasteiger partial charge in [-0.15, -0.1) is 0 Å². The Labute approximate surface area is 121 Å². The summed E-state index contributed by atoms with van der Waals surface area (Å²) < 4.78 is 17.5. The number of ether oxygens (including phenoxy) is 3. The lowest BCUT2D eigenvalue weighted by atomic mass is 9.83. The normalized spacial score (nSPS) is 38.4. The van der Waals surface area contributed by atoms with Gasteiger partial charge in [0.15, 0.2) is 5.79 Å². The third kappa shape index (κ3) is 2.88. The van der Waals surface area contributed by atoms with Crippen LogP contribution in [-0.2, 0) is 14.2 Å². The van der Waals surface area contributed by atoms with Gasteiger partial charge in [0.2, 0.25) is 0 Å². The van der Waals surface area contributed by atoms with Crippen LogP contribution in [0.5, 0.6) is 0 Å². The Morgan fingerprint density at radius 1 is 1.25 bits per heavy atom. The Hall–Kier alpha value is -0.200. The van der Waals surface area contributed by atoms with Gasteiger partial charge in [0.05, 0.1) is 26.4 Å². The average Bonchev–Trinajstić information content (AvgIpc) is 2.90. The van der Waals surface area contributed by atoms with Crippen LogP contribution in [0, 0.1) is 0 Å². The van der Waals surface area contributed by atoms with Crippen molar-refractivity contribution in [3.05, 3.63) is 0 Å². The fraction of sp³-hybridized carbons (Fsp3) is 1.00. The quantitative estimate of drug-likeness (QED) is 0.837. The van der Waals surface area contributed by atoms with Crippen molar-refractivity contribution >= 4 is 0 Å². The van der Waals surface area contributed by atoms with Crippen LogP contribution in [0.1, 0.15) is 33.1 Å². The van der Waals surface area contributed by atoms with Crippen molar-refractivity contribution in [1.29, 1.82) is 0 Å². The van der Waals surface area contributed by atoms with Gasteiger partial charge in [0.25, 0.3) is 0 Å². The van der Waals surface area contributed by atoms with Gasteiger partial charge in [-0.3, -0.25) is 4.90 Å². The van der Waals surface area contributed by atoms with E-state index >= 15 is 0 Å². The molecule has 0 bridgehead atoms. The van der Waals surface area contributed by atoms with Gasteiger partial charge in [0.1, 0.15) is 0 Å². The molecule has 2 aliphatic heterocycles. The SMILES string of the molecule is CCNC1CCC2(CC1N1CCOCC1C)OCCO2. The minimum Gasteiger partial charge on any atom is -0.379 e. The van der Waals surface area contributed by atoms with E-state index in [-0.39, 0.29) is 5.79 Å². The number of hydrogen-bond acceptors (Lipinski definition) is 5. The summed E-state index contributed by atoms with van der Waals surface area (Å²) >= 11 is 0. The molecule has 1 spiro atoms. The molecule has 2 saturated heterocycles. The first kappa shape index (κ1) is 14.7. The zero-order valence-corrected chi connectivity index (χ0v) is 12.8. The highest BCUT2D eigenvalue weighted by Gasteiger charge is 2.47. The van der Waals surface area contributed by atoms with E-state index in [0.29, 0.717) is 18.1 Å². The summed E-state index contributed by atoms with van der Waals surface area (Å²) in [5, 5.41) is 3.67. The minimum atomic E-state index is -0.311. The predicted molar refractivity (Wildman–Crippen MR) is 76.7 cm³/mol. The van der Waals surface area contributed by atoms with E-state index < -0.39 is 0 Å². The second-order valence-electron chi connectivity index (χ2n) is 6.24. The summed E-state index contributed by atoms with van der Waals surface area (Å²) in [5.41, 5.74) is 0. The molecule has 0 aromatic rings. The van der Waals surface area contributed by atoms with Crippen LogP contribution in [0.2, 0.25) is 0 Å². The molecule has 0 aromatic heterocycles. The highest BCUT2D eigenvalue weighted by Crippen LogP contribution is 2.38. The summed E-state index contributed by atoms with van der Waals surface area (Å²) in [6.07, 6.45) is 3.12. The van der Waals surface area contributed by atoms with Gasteiger partial charge in [-0.25, -0.2) is 0 Å². The monoisotopic (exact) mass is 284 g/mol. The van der Waals surface area contributed by atoms with Gasteiger partial charge < -0.3 is 19.5 Å². The van der Waals surface area contributed by atoms with E-state index in [0.717, 1.165) is 58.8 Å². The van der Waals surface area contributed by atoms with Gasteiger partial charge in [-0.2, -0.15) is 0 Å². The second-order valence-corrected chi connectivity index (χ2v) is 6.24. The Morgan fingerprint density at radius 3 is 2.75 bits per heavy atom. The molecule has 5 nitrogen and oxygen atoms in total. The van der Waals surface area contributed by atoms with E-state index in [9.17, 15) is 0 Å². The number of morpholine rings is 1. The summed E-state index contributed by atoms with van der Waals surface area (Å²) in [7, 11) is 0. The second kappa shape index (κ2) is 6.28. The van der Waals surface area contributed by atoms with Crippen molar-refractivity contribution in [1.82, 2.24) is 10.2 Å². The molecule has 0 aromatic carbocycles. The third-order valence-corrected chi connectivity index (χ3v) is 4.95. The summed E-state index contributed by atoms with van der Waals surface area (Å²) in [5.74, 6) is -0.311. The lowest BCUT2D eigenvalue weighted by Crippen LogP contribution is -2.61. The highest BCUT2D eigenvalue weighted by molar-refractivity contribution is 4.98. The Kier molecular flexibility index (Phi) is 4.62. The Bertz CT molecular complexity index is 320. The molecule has 20 heavy (non-hydrogen) atoms. The van der Waals surface area contributed by atoms with E-state index in [1.165, 1.54) is 0 Å². The summed E-state index contributed by atoms with van der Waals surface area (Å²) in [6.45, 7) is 9.66. The fourth-order valence-electron chi connectivity index (χ4n) is 3.97. The molecule has 1 N–H and O–H groups in total. The summed E-state index contributed by atoms with van der Waals surface area (Å²) in [6, 6.07) is 1.51. The highest BCUT2D eigenvalue weighted by atomic mass is 16.7. The van der Waals surface area contributed by atoms with Gasteiger partial charge in [-0.1, -0.05) is 6.92 Å². The molecule has 3 unspecified atom stereocenters. The molecule has 3 fully saturated rings. The largest absolute Gasteiger partial charge is 0.379 e. The topological polar surface area (TPSA) is 43.0 Å². The number of nitrogens with one attached hydrogen (secondary N) is 1.